The summed E-state index contributed by atoms with van der Waals surface area (Å²) >= 11 is 0. The first-order valence-corrected chi connectivity index (χ1v) is 6.32. The number of nitrogens with two attached hydrogens (primary N) is 1. The molecule has 1 aliphatic rings. The average Bonchev–Trinajstić information content (AvgIpc) is 2.65. The van der Waals surface area contributed by atoms with Crippen molar-refractivity contribution in [3.05, 3.63) is 35.4 Å². The first-order valence-electron chi connectivity index (χ1n) is 6.32. The Hall–Kier alpha value is -1.39. The molecule has 4 heteroatoms. The molecule has 2 rings (SSSR count). The van der Waals surface area contributed by atoms with Crippen LogP contribution in [0.4, 0.5) is 0 Å². The predicted molar refractivity (Wildman–Crippen MR) is 69.8 cm³/mol. The van der Waals surface area contributed by atoms with Crippen LogP contribution in [0.2, 0.25) is 0 Å². The minimum atomic E-state index is -0.564. The lowest BCUT2D eigenvalue weighted by Crippen LogP contribution is -2.46. The summed E-state index contributed by atoms with van der Waals surface area (Å²) in [6.07, 6.45) is 0.0172. The van der Waals surface area contributed by atoms with E-state index in [1.165, 1.54) is 0 Å². The summed E-state index contributed by atoms with van der Waals surface area (Å²) in [5.41, 5.74) is 7.90. The highest BCUT2D eigenvalue weighted by Gasteiger charge is 2.33. The van der Waals surface area contributed by atoms with E-state index in [0.29, 0.717) is 6.42 Å². The quantitative estimate of drug-likeness (QED) is 0.738. The maximum absolute atomic E-state index is 11.9. The molecule has 1 aromatic rings. The van der Waals surface area contributed by atoms with Crippen molar-refractivity contribution in [2.75, 3.05) is 0 Å². The standard InChI is InChI=1S/C14H20N2O2/c1-8(2)12(15)14(18)16-13-10-6-4-3-5-9(10)7-11(13)17/h3-6,8,11-13,17H,7,15H2,1-2H3,(H,16,18)/t11-,12+,13+/m1/s1. The van der Waals surface area contributed by atoms with Gasteiger partial charge < -0.3 is 16.2 Å². The van der Waals surface area contributed by atoms with Crippen molar-refractivity contribution < 1.29 is 9.90 Å². The molecule has 1 aliphatic carbocycles. The zero-order valence-corrected chi connectivity index (χ0v) is 10.8. The Bertz CT molecular complexity index is 445. The van der Waals surface area contributed by atoms with Crippen LogP contribution in [-0.4, -0.2) is 23.2 Å². The third-order valence-electron chi connectivity index (χ3n) is 3.52. The van der Waals surface area contributed by atoms with Crippen LogP contribution >= 0.6 is 0 Å². The number of benzene rings is 1. The van der Waals surface area contributed by atoms with E-state index in [2.05, 4.69) is 5.32 Å². The van der Waals surface area contributed by atoms with Gasteiger partial charge in [-0.05, 0) is 17.0 Å². The number of aliphatic hydroxyl groups is 1. The lowest BCUT2D eigenvalue weighted by atomic mass is 10.0. The van der Waals surface area contributed by atoms with Crippen molar-refractivity contribution in [1.82, 2.24) is 5.32 Å². The van der Waals surface area contributed by atoms with Gasteiger partial charge in [-0.25, -0.2) is 0 Å². The SMILES string of the molecule is CC(C)[C@H](N)C(=O)N[C@H]1c2ccccc2C[C@H]1O. The fourth-order valence-corrected chi connectivity index (χ4v) is 2.30. The van der Waals surface area contributed by atoms with Crippen molar-refractivity contribution in [3.8, 4) is 0 Å². The average molecular weight is 248 g/mol. The van der Waals surface area contributed by atoms with E-state index < -0.39 is 12.1 Å². The van der Waals surface area contributed by atoms with Gasteiger partial charge in [0.1, 0.15) is 0 Å². The molecule has 18 heavy (non-hydrogen) atoms. The van der Waals surface area contributed by atoms with Crippen molar-refractivity contribution in [2.24, 2.45) is 11.7 Å². The number of carbonyl (C=O) groups excluding carboxylic acids is 1. The van der Waals surface area contributed by atoms with Crippen LogP contribution in [-0.2, 0) is 11.2 Å². The van der Waals surface area contributed by atoms with E-state index in [4.69, 9.17) is 5.73 Å². The maximum Gasteiger partial charge on any atom is 0.237 e. The minimum Gasteiger partial charge on any atom is -0.390 e. The molecule has 98 valence electrons. The zero-order valence-electron chi connectivity index (χ0n) is 10.8. The van der Waals surface area contributed by atoms with Crippen LogP contribution in [0.3, 0.4) is 0 Å². The summed E-state index contributed by atoms with van der Waals surface area (Å²) in [5, 5.41) is 12.9. The van der Waals surface area contributed by atoms with Crippen molar-refractivity contribution >= 4 is 5.91 Å². The predicted octanol–water partition coefficient (Wildman–Crippen LogP) is 0.744. The lowest BCUT2D eigenvalue weighted by Gasteiger charge is -2.22. The smallest absolute Gasteiger partial charge is 0.237 e. The lowest BCUT2D eigenvalue weighted by molar-refractivity contribution is -0.124. The van der Waals surface area contributed by atoms with Gasteiger partial charge in [-0.1, -0.05) is 38.1 Å². The molecule has 0 radical (unpaired) electrons. The molecule has 0 saturated heterocycles. The van der Waals surface area contributed by atoms with Crippen LogP contribution in [0.1, 0.15) is 31.0 Å². The molecule has 0 heterocycles. The van der Waals surface area contributed by atoms with Crippen LogP contribution in [0.25, 0.3) is 0 Å². The second-order valence-electron chi connectivity index (χ2n) is 5.23. The topological polar surface area (TPSA) is 75.4 Å². The molecule has 4 N–H and O–H groups in total. The van der Waals surface area contributed by atoms with Gasteiger partial charge in [0.2, 0.25) is 5.91 Å². The number of aliphatic hydroxyl groups excluding tert-OH is 1. The highest BCUT2D eigenvalue weighted by molar-refractivity contribution is 5.82. The monoisotopic (exact) mass is 248 g/mol. The molecule has 3 atom stereocenters. The van der Waals surface area contributed by atoms with E-state index in [-0.39, 0.29) is 17.9 Å². The molecule has 0 bridgehead atoms. The molecule has 1 amide bonds. The molecule has 1 aromatic carbocycles. The molecule has 0 fully saturated rings. The third-order valence-corrected chi connectivity index (χ3v) is 3.52. The fourth-order valence-electron chi connectivity index (χ4n) is 2.30. The highest BCUT2D eigenvalue weighted by Crippen LogP contribution is 2.31. The first kappa shape index (κ1) is 13.1. The molecule has 0 spiro atoms. The van der Waals surface area contributed by atoms with E-state index in [1.54, 1.807) is 0 Å². The Balaban J connectivity index is 2.13. The van der Waals surface area contributed by atoms with Gasteiger partial charge in [0.25, 0.3) is 0 Å². The highest BCUT2D eigenvalue weighted by atomic mass is 16.3. The summed E-state index contributed by atoms with van der Waals surface area (Å²) in [6.45, 7) is 3.81. The normalized spacial score (nSPS) is 23.8. The zero-order chi connectivity index (χ0) is 13.3. The molecule has 0 unspecified atom stereocenters. The van der Waals surface area contributed by atoms with Crippen LogP contribution in [0.5, 0.6) is 0 Å². The van der Waals surface area contributed by atoms with Gasteiger partial charge >= 0.3 is 0 Å². The number of fused-ring (bicyclic) bond motifs is 1. The van der Waals surface area contributed by atoms with Crippen molar-refractivity contribution in [1.29, 1.82) is 0 Å². The molecule has 4 nitrogen and oxygen atoms in total. The maximum atomic E-state index is 11.9. The van der Waals surface area contributed by atoms with E-state index >= 15 is 0 Å². The molecule has 0 aliphatic heterocycles. The van der Waals surface area contributed by atoms with Gasteiger partial charge in [0, 0.05) is 6.42 Å². The van der Waals surface area contributed by atoms with Gasteiger partial charge in [0.15, 0.2) is 0 Å². The summed E-state index contributed by atoms with van der Waals surface area (Å²) in [6, 6.07) is 6.90. The van der Waals surface area contributed by atoms with Crippen LogP contribution in [0.15, 0.2) is 24.3 Å². The number of hydrogen-bond donors (Lipinski definition) is 3. The number of hydrogen-bond acceptors (Lipinski definition) is 3. The van der Waals surface area contributed by atoms with Crippen molar-refractivity contribution in [2.45, 2.75) is 38.5 Å². The second kappa shape index (κ2) is 5.08. The van der Waals surface area contributed by atoms with Gasteiger partial charge in [-0.15, -0.1) is 0 Å². The number of amides is 1. The summed E-state index contributed by atoms with van der Waals surface area (Å²) in [5.74, 6) is -0.121. The Morgan fingerprint density at radius 1 is 1.44 bits per heavy atom. The van der Waals surface area contributed by atoms with Crippen LogP contribution in [0, 0.1) is 5.92 Å². The van der Waals surface area contributed by atoms with Gasteiger partial charge in [0.05, 0.1) is 18.2 Å². The van der Waals surface area contributed by atoms with Crippen LogP contribution < -0.4 is 11.1 Å². The van der Waals surface area contributed by atoms with E-state index in [9.17, 15) is 9.90 Å². The minimum absolute atomic E-state index is 0.0822. The third kappa shape index (κ3) is 2.40. The Morgan fingerprint density at radius 3 is 2.78 bits per heavy atom. The molecular weight excluding hydrogens is 228 g/mol. The van der Waals surface area contributed by atoms with Gasteiger partial charge in [-0.3, -0.25) is 4.79 Å². The van der Waals surface area contributed by atoms with E-state index in [1.807, 2.05) is 38.1 Å². The molecule has 0 saturated carbocycles. The first-order chi connectivity index (χ1) is 8.50. The van der Waals surface area contributed by atoms with Gasteiger partial charge in [-0.2, -0.15) is 0 Å². The Morgan fingerprint density at radius 2 is 2.11 bits per heavy atom. The Labute approximate surface area is 107 Å². The number of rotatable bonds is 3. The summed E-state index contributed by atoms with van der Waals surface area (Å²) in [7, 11) is 0. The number of carbonyl (C=O) groups is 1. The summed E-state index contributed by atoms with van der Waals surface area (Å²) in [4.78, 5) is 11.9. The fraction of sp³-hybridized carbons (Fsp3) is 0.500. The number of nitrogens with one attached hydrogen (secondary N) is 1. The largest absolute Gasteiger partial charge is 0.390 e. The molecule has 0 aromatic heterocycles. The van der Waals surface area contributed by atoms with Crippen molar-refractivity contribution in [3.63, 3.8) is 0 Å². The second-order valence-corrected chi connectivity index (χ2v) is 5.23. The summed E-state index contributed by atoms with van der Waals surface area (Å²) < 4.78 is 0. The van der Waals surface area contributed by atoms with E-state index in [0.717, 1.165) is 11.1 Å². The Kier molecular flexibility index (Phi) is 3.68. The molecular formula is C14H20N2O2.